The van der Waals surface area contributed by atoms with Crippen LogP contribution in [0.1, 0.15) is 46.0 Å². The molecule has 1 saturated carbocycles. The molecule has 0 heterocycles. The fourth-order valence-corrected chi connectivity index (χ4v) is 2.11. The number of rotatable bonds is 3. The van der Waals surface area contributed by atoms with Gasteiger partial charge in [-0.2, -0.15) is 13.2 Å². The van der Waals surface area contributed by atoms with Crippen LogP contribution in [0.5, 0.6) is 0 Å². The number of esters is 1. The van der Waals surface area contributed by atoms with Gasteiger partial charge in [0.15, 0.2) is 0 Å². The monoisotopic (exact) mass is 267 g/mol. The predicted octanol–water partition coefficient (Wildman–Crippen LogP) is 2.78. The van der Waals surface area contributed by atoms with Crippen LogP contribution in [0.15, 0.2) is 0 Å². The maximum atomic E-state index is 12.6. The highest BCUT2D eigenvalue weighted by atomic mass is 19.4. The summed E-state index contributed by atoms with van der Waals surface area (Å²) >= 11 is 0. The zero-order valence-corrected chi connectivity index (χ0v) is 10.7. The van der Waals surface area contributed by atoms with Crippen LogP contribution in [0.4, 0.5) is 13.2 Å². The average molecular weight is 267 g/mol. The van der Waals surface area contributed by atoms with E-state index in [-0.39, 0.29) is 0 Å². The molecule has 0 aromatic carbocycles. The number of nitrogens with two attached hydrogens (primary N) is 1. The van der Waals surface area contributed by atoms with Crippen LogP contribution in [-0.4, -0.2) is 23.8 Å². The zero-order chi connectivity index (χ0) is 14.0. The van der Waals surface area contributed by atoms with Crippen molar-refractivity contribution in [2.75, 3.05) is 0 Å². The highest BCUT2D eigenvalue weighted by molar-refractivity contribution is 5.81. The van der Waals surface area contributed by atoms with E-state index in [1.807, 2.05) is 6.92 Å². The molecule has 0 aromatic heterocycles. The van der Waals surface area contributed by atoms with Gasteiger partial charge in [0.25, 0.3) is 0 Å². The van der Waals surface area contributed by atoms with Crippen LogP contribution in [-0.2, 0) is 9.53 Å². The van der Waals surface area contributed by atoms with Gasteiger partial charge in [-0.15, -0.1) is 0 Å². The zero-order valence-electron chi connectivity index (χ0n) is 10.7. The van der Waals surface area contributed by atoms with E-state index in [0.717, 1.165) is 19.3 Å². The summed E-state index contributed by atoms with van der Waals surface area (Å²) in [6, 6.07) is 0. The van der Waals surface area contributed by atoms with Crippen molar-refractivity contribution in [2.24, 2.45) is 11.7 Å². The fourth-order valence-electron chi connectivity index (χ4n) is 2.11. The second-order valence-electron chi connectivity index (χ2n) is 5.17. The Kier molecular flexibility index (Phi) is 4.64. The van der Waals surface area contributed by atoms with Gasteiger partial charge in [-0.05, 0) is 32.1 Å². The lowest BCUT2D eigenvalue weighted by Crippen LogP contribution is -2.58. The van der Waals surface area contributed by atoms with Crippen molar-refractivity contribution in [2.45, 2.75) is 63.8 Å². The van der Waals surface area contributed by atoms with Crippen LogP contribution in [0.25, 0.3) is 0 Å². The smallest absolute Gasteiger partial charge is 0.416 e. The van der Waals surface area contributed by atoms with Crippen molar-refractivity contribution in [3.63, 3.8) is 0 Å². The molecule has 0 bridgehead atoms. The van der Waals surface area contributed by atoms with Crippen molar-refractivity contribution < 1.29 is 22.7 Å². The molecule has 0 radical (unpaired) electrons. The lowest BCUT2D eigenvalue weighted by atomic mass is 9.85. The minimum atomic E-state index is -4.79. The summed E-state index contributed by atoms with van der Waals surface area (Å²) in [6.07, 6.45) is -1.09. The molecule has 0 saturated heterocycles. The molecule has 106 valence electrons. The Morgan fingerprint density at radius 3 is 2.50 bits per heavy atom. The molecule has 0 amide bonds. The minimum Gasteiger partial charge on any atom is -0.461 e. The van der Waals surface area contributed by atoms with Gasteiger partial charge in [-0.1, -0.05) is 19.8 Å². The van der Waals surface area contributed by atoms with Gasteiger partial charge in [-0.25, -0.2) is 4.79 Å². The number of carbonyl (C=O) groups excluding carboxylic acids is 1. The van der Waals surface area contributed by atoms with Gasteiger partial charge in [-0.3, -0.25) is 0 Å². The minimum absolute atomic E-state index is 0.423. The number of ether oxygens (including phenoxy) is 1. The fraction of sp³-hybridized carbons (Fsp3) is 0.917. The van der Waals surface area contributed by atoms with Crippen molar-refractivity contribution >= 4 is 5.97 Å². The first kappa shape index (κ1) is 15.3. The van der Waals surface area contributed by atoms with E-state index in [9.17, 15) is 18.0 Å². The standard InChI is InChI=1S/C12H20F3NO2/c1-3-8-5-4-6-9(7-8)18-10(17)11(2,16)12(13,14)15/h8-9H,3-7,16H2,1-2H3. The summed E-state index contributed by atoms with van der Waals surface area (Å²) in [5.74, 6) is -0.955. The van der Waals surface area contributed by atoms with Gasteiger partial charge < -0.3 is 10.5 Å². The van der Waals surface area contributed by atoms with E-state index in [2.05, 4.69) is 0 Å². The third-order valence-electron chi connectivity index (χ3n) is 3.60. The van der Waals surface area contributed by atoms with Crippen LogP contribution in [0.3, 0.4) is 0 Å². The molecule has 3 unspecified atom stereocenters. The molecule has 1 aliphatic carbocycles. The van der Waals surface area contributed by atoms with E-state index >= 15 is 0 Å². The SMILES string of the molecule is CCC1CCCC(OC(=O)C(C)(N)C(F)(F)F)C1. The summed E-state index contributed by atoms with van der Waals surface area (Å²) in [6.45, 7) is 2.67. The van der Waals surface area contributed by atoms with Gasteiger partial charge in [0.1, 0.15) is 6.10 Å². The Morgan fingerprint density at radius 1 is 1.39 bits per heavy atom. The summed E-state index contributed by atoms with van der Waals surface area (Å²) in [5, 5.41) is 0. The quantitative estimate of drug-likeness (QED) is 0.800. The van der Waals surface area contributed by atoms with Crippen LogP contribution in [0, 0.1) is 5.92 Å². The topological polar surface area (TPSA) is 52.3 Å². The highest BCUT2D eigenvalue weighted by Gasteiger charge is 2.55. The second kappa shape index (κ2) is 5.47. The number of alkyl halides is 3. The summed E-state index contributed by atoms with van der Waals surface area (Å²) in [4.78, 5) is 11.5. The number of halogens is 3. The highest BCUT2D eigenvalue weighted by Crippen LogP contribution is 2.32. The number of carbonyl (C=O) groups is 1. The molecule has 2 N–H and O–H groups in total. The maximum Gasteiger partial charge on any atom is 0.416 e. The normalized spacial score (nSPS) is 28.6. The average Bonchev–Trinajstić information content (AvgIpc) is 2.27. The number of hydrogen-bond donors (Lipinski definition) is 1. The predicted molar refractivity (Wildman–Crippen MR) is 60.8 cm³/mol. The van der Waals surface area contributed by atoms with Crippen molar-refractivity contribution in [1.82, 2.24) is 0 Å². The lowest BCUT2D eigenvalue weighted by molar-refractivity contribution is -0.206. The van der Waals surface area contributed by atoms with E-state index in [0.29, 0.717) is 25.7 Å². The summed E-state index contributed by atoms with van der Waals surface area (Å²) < 4.78 is 42.6. The molecule has 1 fully saturated rings. The maximum absolute atomic E-state index is 12.6. The third kappa shape index (κ3) is 3.37. The van der Waals surface area contributed by atoms with Crippen LogP contribution < -0.4 is 5.73 Å². The van der Waals surface area contributed by atoms with Crippen molar-refractivity contribution in [1.29, 1.82) is 0 Å². The number of hydrogen-bond acceptors (Lipinski definition) is 3. The molecule has 6 heteroatoms. The first-order chi connectivity index (χ1) is 8.18. The molecule has 0 aromatic rings. The Hall–Kier alpha value is -0.780. The molecule has 18 heavy (non-hydrogen) atoms. The molecular formula is C12H20F3NO2. The Bertz CT molecular complexity index is 302. The van der Waals surface area contributed by atoms with Crippen LogP contribution in [0.2, 0.25) is 0 Å². The first-order valence-corrected chi connectivity index (χ1v) is 6.25. The molecule has 1 rings (SSSR count). The van der Waals surface area contributed by atoms with Gasteiger partial charge in [0.05, 0.1) is 0 Å². The largest absolute Gasteiger partial charge is 0.461 e. The molecule has 0 spiro atoms. The molecule has 3 nitrogen and oxygen atoms in total. The van der Waals surface area contributed by atoms with Crippen molar-refractivity contribution in [3.8, 4) is 0 Å². The van der Waals surface area contributed by atoms with Gasteiger partial charge >= 0.3 is 12.1 Å². The van der Waals surface area contributed by atoms with Crippen LogP contribution >= 0.6 is 0 Å². The third-order valence-corrected chi connectivity index (χ3v) is 3.60. The lowest BCUT2D eigenvalue weighted by Gasteiger charge is -2.32. The Balaban J connectivity index is 2.59. The van der Waals surface area contributed by atoms with Crippen molar-refractivity contribution in [3.05, 3.63) is 0 Å². The summed E-state index contributed by atoms with van der Waals surface area (Å²) in [7, 11) is 0. The molecule has 1 aliphatic rings. The van der Waals surface area contributed by atoms with Gasteiger partial charge in [0.2, 0.25) is 5.54 Å². The van der Waals surface area contributed by atoms with E-state index < -0.39 is 23.8 Å². The van der Waals surface area contributed by atoms with Gasteiger partial charge in [0, 0.05) is 0 Å². The molecule has 0 aliphatic heterocycles. The Labute approximate surface area is 105 Å². The molecular weight excluding hydrogens is 247 g/mol. The van der Waals surface area contributed by atoms with E-state index in [1.54, 1.807) is 0 Å². The summed E-state index contributed by atoms with van der Waals surface area (Å²) in [5.41, 5.74) is 2.10. The van der Waals surface area contributed by atoms with E-state index in [1.165, 1.54) is 0 Å². The second-order valence-corrected chi connectivity index (χ2v) is 5.17. The Morgan fingerprint density at radius 2 is 2.00 bits per heavy atom. The molecule has 3 atom stereocenters. The van der Waals surface area contributed by atoms with E-state index in [4.69, 9.17) is 10.5 Å². The first-order valence-electron chi connectivity index (χ1n) is 6.25.